The molecule has 1 rings (SSSR count). The Kier molecular flexibility index (Phi) is 5.47. The van der Waals surface area contributed by atoms with Crippen LogP contribution in [0, 0.1) is 0 Å². The quantitative estimate of drug-likeness (QED) is 0.780. The fraction of sp³-hybridized carbons (Fsp3) is 0.455. The molecule has 0 aromatic heterocycles. The molecule has 0 aliphatic rings. The Balaban J connectivity index is 2.45. The molecule has 2 N–H and O–H groups in total. The third-order valence-corrected chi connectivity index (χ3v) is 2.47. The highest BCUT2D eigenvalue weighted by atomic mass is 35.5. The number of para-hydroxylation sites is 1. The number of hydrogen-bond acceptors (Lipinski definition) is 3. The van der Waals surface area contributed by atoms with Gasteiger partial charge in [-0.05, 0) is 25.6 Å². The maximum absolute atomic E-state index is 8.80. The lowest BCUT2D eigenvalue weighted by atomic mass is 10.2. The van der Waals surface area contributed by atoms with Gasteiger partial charge >= 0.3 is 0 Å². The maximum atomic E-state index is 8.80. The summed E-state index contributed by atoms with van der Waals surface area (Å²) in [7, 11) is 1.84. The van der Waals surface area contributed by atoms with E-state index in [4.69, 9.17) is 21.4 Å². The van der Waals surface area contributed by atoms with Crippen LogP contribution < -0.4 is 10.1 Å². The molecule has 4 heteroatoms. The SMILES string of the molecule is CNC(CCO)COc1ccccc1Cl. The van der Waals surface area contributed by atoms with Gasteiger partial charge in [0.15, 0.2) is 0 Å². The smallest absolute Gasteiger partial charge is 0.137 e. The van der Waals surface area contributed by atoms with Crippen molar-refractivity contribution in [1.29, 1.82) is 0 Å². The molecule has 0 fully saturated rings. The van der Waals surface area contributed by atoms with Gasteiger partial charge in [0.05, 0.1) is 5.02 Å². The molecule has 0 heterocycles. The van der Waals surface area contributed by atoms with E-state index in [1.807, 2.05) is 25.2 Å². The summed E-state index contributed by atoms with van der Waals surface area (Å²) >= 11 is 5.93. The van der Waals surface area contributed by atoms with Gasteiger partial charge in [0.2, 0.25) is 0 Å². The van der Waals surface area contributed by atoms with E-state index in [1.165, 1.54) is 0 Å². The Bertz CT molecular complexity index is 294. The van der Waals surface area contributed by atoms with Crippen LogP contribution in [-0.2, 0) is 0 Å². The van der Waals surface area contributed by atoms with Crippen LogP contribution in [0.15, 0.2) is 24.3 Å². The predicted molar refractivity (Wildman–Crippen MR) is 61.5 cm³/mol. The number of likely N-dealkylation sites (N-methyl/N-ethyl adjacent to an activating group) is 1. The van der Waals surface area contributed by atoms with Gasteiger partial charge in [-0.2, -0.15) is 0 Å². The number of rotatable bonds is 6. The summed E-state index contributed by atoms with van der Waals surface area (Å²) in [5.41, 5.74) is 0. The first kappa shape index (κ1) is 12.3. The highest BCUT2D eigenvalue weighted by molar-refractivity contribution is 6.32. The molecule has 1 aromatic rings. The number of hydrogen-bond donors (Lipinski definition) is 2. The van der Waals surface area contributed by atoms with Gasteiger partial charge in [-0.15, -0.1) is 0 Å². The summed E-state index contributed by atoms with van der Waals surface area (Å²) in [4.78, 5) is 0. The van der Waals surface area contributed by atoms with Crippen molar-refractivity contribution in [2.24, 2.45) is 0 Å². The fourth-order valence-corrected chi connectivity index (χ4v) is 1.41. The van der Waals surface area contributed by atoms with Crippen molar-refractivity contribution in [3.05, 3.63) is 29.3 Å². The van der Waals surface area contributed by atoms with E-state index >= 15 is 0 Å². The lowest BCUT2D eigenvalue weighted by molar-refractivity contribution is 0.219. The van der Waals surface area contributed by atoms with E-state index < -0.39 is 0 Å². The third kappa shape index (κ3) is 4.08. The minimum Gasteiger partial charge on any atom is -0.490 e. The summed E-state index contributed by atoms with van der Waals surface area (Å²) in [6.07, 6.45) is 0.668. The summed E-state index contributed by atoms with van der Waals surface area (Å²) in [6.45, 7) is 0.651. The van der Waals surface area contributed by atoms with E-state index in [0.29, 0.717) is 23.8 Å². The molecular formula is C11H16ClNO2. The van der Waals surface area contributed by atoms with Crippen LogP contribution in [0.4, 0.5) is 0 Å². The van der Waals surface area contributed by atoms with E-state index in [0.717, 1.165) is 0 Å². The molecule has 1 aromatic carbocycles. The summed E-state index contributed by atoms with van der Waals surface area (Å²) in [5.74, 6) is 0.678. The molecule has 15 heavy (non-hydrogen) atoms. The van der Waals surface area contributed by atoms with Crippen molar-refractivity contribution < 1.29 is 9.84 Å². The average Bonchev–Trinajstić information content (AvgIpc) is 2.26. The van der Waals surface area contributed by atoms with Gasteiger partial charge in [-0.1, -0.05) is 23.7 Å². The highest BCUT2D eigenvalue weighted by Crippen LogP contribution is 2.23. The number of aliphatic hydroxyl groups is 1. The summed E-state index contributed by atoms with van der Waals surface area (Å²) in [5, 5.41) is 12.5. The zero-order valence-corrected chi connectivity index (χ0v) is 9.50. The van der Waals surface area contributed by atoms with Crippen LogP contribution >= 0.6 is 11.6 Å². The van der Waals surface area contributed by atoms with Crippen LogP contribution in [0.1, 0.15) is 6.42 Å². The molecule has 0 saturated heterocycles. The van der Waals surface area contributed by atoms with Gasteiger partial charge in [0.25, 0.3) is 0 Å². The summed E-state index contributed by atoms with van der Waals surface area (Å²) in [6, 6.07) is 7.50. The Morgan fingerprint density at radius 2 is 2.20 bits per heavy atom. The second kappa shape index (κ2) is 6.67. The van der Waals surface area contributed by atoms with Gasteiger partial charge in [-0.25, -0.2) is 0 Å². The lowest BCUT2D eigenvalue weighted by Crippen LogP contribution is -2.32. The van der Waals surface area contributed by atoms with Crippen molar-refractivity contribution in [3.63, 3.8) is 0 Å². The highest BCUT2D eigenvalue weighted by Gasteiger charge is 2.07. The predicted octanol–water partition coefficient (Wildman–Crippen LogP) is 1.69. The Morgan fingerprint density at radius 3 is 2.80 bits per heavy atom. The Hall–Kier alpha value is -0.770. The minimum absolute atomic E-state index is 0.145. The molecule has 0 aliphatic carbocycles. The van der Waals surface area contributed by atoms with Crippen molar-refractivity contribution >= 4 is 11.6 Å². The topological polar surface area (TPSA) is 41.5 Å². The number of ether oxygens (including phenoxy) is 1. The van der Waals surface area contributed by atoms with Crippen LogP contribution in [0.2, 0.25) is 5.02 Å². The molecule has 0 saturated carbocycles. The van der Waals surface area contributed by atoms with Crippen molar-refractivity contribution in [3.8, 4) is 5.75 Å². The maximum Gasteiger partial charge on any atom is 0.137 e. The Morgan fingerprint density at radius 1 is 1.47 bits per heavy atom. The number of aliphatic hydroxyl groups excluding tert-OH is 1. The molecule has 0 amide bonds. The number of nitrogens with one attached hydrogen (secondary N) is 1. The zero-order chi connectivity index (χ0) is 11.1. The third-order valence-electron chi connectivity index (χ3n) is 2.16. The standard InChI is InChI=1S/C11H16ClNO2/c1-13-9(6-7-14)8-15-11-5-3-2-4-10(11)12/h2-5,9,13-14H,6-8H2,1H3. The molecule has 0 bridgehead atoms. The van der Waals surface area contributed by atoms with Crippen molar-refractivity contribution in [2.45, 2.75) is 12.5 Å². The Labute approximate surface area is 95.0 Å². The van der Waals surface area contributed by atoms with E-state index in [1.54, 1.807) is 6.07 Å². The van der Waals surface area contributed by atoms with Crippen molar-refractivity contribution in [1.82, 2.24) is 5.32 Å². The van der Waals surface area contributed by atoms with E-state index in [-0.39, 0.29) is 12.6 Å². The molecule has 0 spiro atoms. The minimum atomic E-state index is 0.145. The first-order chi connectivity index (χ1) is 7.27. The van der Waals surface area contributed by atoms with Gasteiger partial charge in [0, 0.05) is 12.6 Å². The van der Waals surface area contributed by atoms with Crippen molar-refractivity contribution in [2.75, 3.05) is 20.3 Å². The second-order valence-corrected chi connectivity index (χ2v) is 3.65. The van der Waals surface area contributed by atoms with Gasteiger partial charge < -0.3 is 15.2 Å². The first-order valence-electron chi connectivity index (χ1n) is 4.93. The molecule has 0 aliphatic heterocycles. The van der Waals surface area contributed by atoms with Gasteiger partial charge in [-0.3, -0.25) is 0 Å². The normalized spacial score (nSPS) is 12.5. The molecule has 1 atom stereocenters. The molecular weight excluding hydrogens is 214 g/mol. The largest absolute Gasteiger partial charge is 0.490 e. The monoisotopic (exact) mass is 229 g/mol. The average molecular weight is 230 g/mol. The lowest BCUT2D eigenvalue weighted by Gasteiger charge is -2.16. The molecule has 1 unspecified atom stereocenters. The zero-order valence-electron chi connectivity index (χ0n) is 8.74. The number of benzene rings is 1. The first-order valence-corrected chi connectivity index (χ1v) is 5.31. The van der Waals surface area contributed by atoms with Crippen LogP contribution in [0.5, 0.6) is 5.75 Å². The van der Waals surface area contributed by atoms with E-state index in [9.17, 15) is 0 Å². The van der Waals surface area contributed by atoms with Crippen LogP contribution in [0.25, 0.3) is 0 Å². The molecule has 84 valence electrons. The molecule has 0 radical (unpaired) electrons. The van der Waals surface area contributed by atoms with Crippen LogP contribution in [-0.4, -0.2) is 31.4 Å². The van der Waals surface area contributed by atoms with Crippen LogP contribution in [0.3, 0.4) is 0 Å². The molecule has 3 nitrogen and oxygen atoms in total. The van der Waals surface area contributed by atoms with Gasteiger partial charge in [0.1, 0.15) is 12.4 Å². The fourth-order valence-electron chi connectivity index (χ4n) is 1.22. The second-order valence-electron chi connectivity index (χ2n) is 3.24. The van der Waals surface area contributed by atoms with E-state index in [2.05, 4.69) is 5.32 Å². The summed E-state index contributed by atoms with van der Waals surface area (Å²) < 4.78 is 5.54. The number of halogens is 1.